The van der Waals surface area contributed by atoms with E-state index in [2.05, 4.69) is 49.7 Å². The second kappa shape index (κ2) is 10.7. The largest absolute Gasteiger partial charge is 0.416 e. The smallest absolute Gasteiger partial charge is 0.383 e. The van der Waals surface area contributed by atoms with E-state index in [0.717, 1.165) is 41.0 Å². The van der Waals surface area contributed by atoms with E-state index < -0.39 is 11.7 Å². The van der Waals surface area contributed by atoms with Crippen LogP contribution in [0.1, 0.15) is 30.8 Å². The van der Waals surface area contributed by atoms with Crippen molar-refractivity contribution in [1.29, 1.82) is 0 Å². The molecule has 2 heterocycles. The van der Waals surface area contributed by atoms with Crippen LogP contribution in [0.4, 0.5) is 36.2 Å². The first kappa shape index (κ1) is 25.0. The van der Waals surface area contributed by atoms with Crippen LogP contribution in [0.5, 0.6) is 0 Å². The summed E-state index contributed by atoms with van der Waals surface area (Å²) in [6.45, 7) is 7.22. The Balaban J connectivity index is 1.44. The van der Waals surface area contributed by atoms with E-state index in [1.54, 1.807) is 18.2 Å². The SMILES string of the molecule is Cc1nc(N=NCc2ccc(Nc3cccc(C(F)(F)F)c3)cn2)nc2c(NCC(C)C)cccc12. The van der Waals surface area contributed by atoms with Gasteiger partial charge >= 0.3 is 6.18 Å². The van der Waals surface area contributed by atoms with E-state index in [4.69, 9.17) is 0 Å². The van der Waals surface area contributed by atoms with Gasteiger partial charge in [0.15, 0.2) is 0 Å². The highest BCUT2D eigenvalue weighted by atomic mass is 19.4. The van der Waals surface area contributed by atoms with Gasteiger partial charge in [-0.25, -0.2) is 9.97 Å². The van der Waals surface area contributed by atoms with Gasteiger partial charge in [0.1, 0.15) is 6.54 Å². The average molecular weight is 494 g/mol. The van der Waals surface area contributed by atoms with Gasteiger partial charge in [0.25, 0.3) is 5.95 Å². The van der Waals surface area contributed by atoms with Crippen molar-refractivity contribution in [2.45, 2.75) is 33.5 Å². The number of azo groups is 1. The minimum absolute atomic E-state index is 0.206. The van der Waals surface area contributed by atoms with E-state index >= 15 is 0 Å². The molecule has 0 aliphatic carbocycles. The Labute approximate surface area is 206 Å². The number of hydrogen-bond donors (Lipinski definition) is 2. The van der Waals surface area contributed by atoms with Crippen molar-refractivity contribution in [2.75, 3.05) is 17.2 Å². The molecule has 2 aromatic carbocycles. The van der Waals surface area contributed by atoms with Crippen molar-refractivity contribution in [1.82, 2.24) is 15.0 Å². The minimum Gasteiger partial charge on any atom is -0.383 e. The summed E-state index contributed by atoms with van der Waals surface area (Å²) < 4.78 is 38.7. The Bertz CT molecular complexity index is 1370. The molecule has 0 amide bonds. The maximum Gasteiger partial charge on any atom is 0.416 e. The third-order valence-electron chi connectivity index (χ3n) is 5.30. The third kappa shape index (κ3) is 6.32. The van der Waals surface area contributed by atoms with Crippen LogP contribution < -0.4 is 10.6 Å². The van der Waals surface area contributed by atoms with E-state index in [1.807, 2.05) is 25.1 Å². The minimum atomic E-state index is -4.40. The Hall–Kier alpha value is -4.08. The lowest BCUT2D eigenvalue weighted by molar-refractivity contribution is -0.137. The number of halogens is 3. The zero-order chi connectivity index (χ0) is 25.7. The summed E-state index contributed by atoms with van der Waals surface area (Å²) in [4.78, 5) is 13.3. The Morgan fingerprint density at radius 2 is 1.78 bits per heavy atom. The lowest BCUT2D eigenvalue weighted by Gasteiger charge is -2.12. The zero-order valence-electron chi connectivity index (χ0n) is 20.1. The molecule has 0 radical (unpaired) electrons. The fraction of sp³-hybridized carbons (Fsp3) is 0.269. The number of anilines is 3. The molecular weight excluding hydrogens is 467 g/mol. The summed E-state index contributed by atoms with van der Waals surface area (Å²) >= 11 is 0. The van der Waals surface area contributed by atoms with Gasteiger partial charge in [-0.15, -0.1) is 5.11 Å². The van der Waals surface area contributed by atoms with Crippen molar-refractivity contribution in [3.63, 3.8) is 0 Å². The molecule has 2 aromatic heterocycles. The molecule has 0 saturated heterocycles. The van der Waals surface area contributed by atoms with Crippen LogP contribution in [0, 0.1) is 12.8 Å². The lowest BCUT2D eigenvalue weighted by Crippen LogP contribution is -2.08. The lowest BCUT2D eigenvalue weighted by atomic mass is 10.1. The molecule has 4 aromatic rings. The molecule has 0 unspecified atom stereocenters. The van der Waals surface area contributed by atoms with Gasteiger partial charge in [0.2, 0.25) is 0 Å². The van der Waals surface area contributed by atoms with Gasteiger partial charge in [-0.3, -0.25) is 4.98 Å². The molecule has 36 heavy (non-hydrogen) atoms. The topological polar surface area (TPSA) is 87.5 Å². The number of fused-ring (bicyclic) bond motifs is 1. The molecule has 0 aliphatic heterocycles. The predicted octanol–water partition coefficient (Wildman–Crippen LogP) is 7.45. The van der Waals surface area contributed by atoms with Crippen molar-refractivity contribution in [2.24, 2.45) is 16.1 Å². The molecule has 0 saturated carbocycles. The van der Waals surface area contributed by atoms with Crippen LogP contribution in [0.2, 0.25) is 0 Å². The van der Waals surface area contributed by atoms with E-state index in [1.165, 1.54) is 12.3 Å². The second-order valence-corrected chi connectivity index (χ2v) is 8.73. The molecule has 186 valence electrons. The third-order valence-corrected chi connectivity index (χ3v) is 5.30. The number of pyridine rings is 1. The highest BCUT2D eigenvalue weighted by Gasteiger charge is 2.30. The van der Waals surface area contributed by atoms with Crippen molar-refractivity contribution in [3.05, 3.63) is 77.7 Å². The second-order valence-electron chi connectivity index (χ2n) is 8.73. The molecule has 7 nitrogen and oxygen atoms in total. The molecule has 4 rings (SSSR count). The summed E-state index contributed by atoms with van der Waals surface area (Å²) in [5.74, 6) is 0.753. The van der Waals surface area contributed by atoms with Gasteiger partial charge < -0.3 is 10.6 Å². The number of nitrogens with one attached hydrogen (secondary N) is 2. The maximum atomic E-state index is 12.9. The number of aromatic nitrogens is 3. The van der Waals surface area contributed by atoms with Crippen LogP contribution in [0.25, 0.3) is 10.9 Å². The first-order valence-electron chi connectivity index (χ1n) is 11.5. The Morgan fingerprint density at radius 1 is 0.972 bits per heavy atom. The highest BCUT2D eigenvalue weighted by molar-refractivity contribution is 5.92. The van der Waals surface area contributed by atoms with Gasteiger partial charge in [0, 0.05) is 17.6 Å². The first-order chi connectivity index (χ1) is 17.2. The summed E-state index contributed by atoms with van der Waals surface area (Å²) in [6.07, 6.45) is -2.86. The highest BCUT2D eigenvalue weighted by Crippen LogP contribution is 2.31. The van der Waals surface area contributed by atoms with Gasteiger partial charge in [-0.05, 0) is 49.2 Å². The van der Waals surface area contributed by atoms with Crippen molar-refractivity contribution in [3.8, 4) is 0 Å². The number of para-hydroxylation sites is 1. The van der Waals surface area contributed by atoms with Crippen LogP contribution in [-0.4, -0.2) is 21.5 Å². The quantitative estimate of drug-likeness (QED) is 0.249. The fourth-order valence-corrected chi connectivity index (χ4v) is 3.50. The van der Waals surface area contributed by atoms with Gasteiger partial charge in [-0.2, -0.15) is 18.3 Å². The van der Waals surface area contributed by atoms with Gasteiger partial charge in [0.05, 0.1) is 40.0 Å². The predicted molar refractivity (Wildman–Crippen MR) is 135 cm³/mol. The number of rotatable bonds is 8. The molecule has 0 spiro atoms. The standard InChI is InChI=1S/C26H26F3N7/c1-16(2)13-31-23-9-5-8-22-17(3)33-25(35-24(22)23)36-32-15-20-10-11-21(14-30-20)34-19-7-4-6-18(12-19)26(27,28)29/h4-12,14,16,31,34H,13,15H2,1-3H3. The zero-order valence-corrected chi connectivity index (χ0v) is 20.1. The van der Waals surface area contributed by atoms with E-state index in [-0.39, 0.29) is 12.5 Å². The van der Waals surface area contributed by atoms with Crippen LogP contribution in [-0.2, 0) is 12.7 Å². The van der Waals surface area contributed by atoms with Gasteiger partial charge in [-0.1, -0.05) is 32.0 Å². The molecule has 10 heteroatoms. The molecule has 0 bridgehead atoms. The number of aryl methyl sites for hydroxylation is 1. The van der Waals surface area contributed by atoms with Crippen molar-refractivity contribution < 1.29 is 13.2 Å². The maximum absolute atomic E-state index is 12.9. The number of hydrogen-bond acceptors (Lipinski definition) is 7. The monoisotopic (exact) mass is 493 g/mol. The Kier molecular flexibility index (Phi) is 7.42. The molecule has 0 atom stereocenters. The van der Waals surface area contributed by atoms with Crippen LogP contribution in [0.3, 0.4) is 0 Å². The number of benzene rings is 2. The van der Waals surface area contributed by atoms with E-state index in [0.29, 0.717) is 23.0 Å². The van der Waals surface area contributed by atoms with Crippen LogP contribution >= 0.6 is 0 Å². The average Bonchev–Trinajstić information content (AvgIpc) is 2.83. The van der Waals surface area contributed by atoms with E-state index in [9.17, 15) is 13.2 Å². The molecule has 0 aliphatic rings. The first-order valence-corrected chi connectivity index (χ1v) is 11.5. The summed E-state index contributed by atoms with van der Waals surface area (Å²) in [5, 5.41) is 15.7. The number of alkyl halides is 3. The normalized spacial score (nSPS) is 12.0. The fourth-order valence-electron chi connectivity index (χ4n) is 3.50. The Morgan fingerprint density at radius 3 is 2.50 bits per heavy atom. The molecule has 0 fully saturated rings. The number of nitrogens with zero attached hydrogens (tertiary/aromatic N) is 5. The molecular formula is C26H26F3N7. The summed E-state index contributed by atoms with van der Waals surface area (Å²) in [5.41, 5.74) is 3.34. The summed E-state index contributed by atoms with van der Waals surface area (Å²) in [6, 6.07) is 14.4. The van der Waals surface area contributed by atoms with Crippen molar-refractivity contribution >= 4 is 33.9 Å². The van der Waals surface area contributed by atoms with Crippen LogP contribution in [0.15, 0.2) is 71.0 Å². The summed E-state index contributed by atoms with van der Waals surface area (Å²) in [7, 11) is 0. The molecule has 2 N–H and O–H groups in total.